The molecule has 0 saturated carbocycles. The average Bonchev–Trinajstić information content (AvgIpc) is 2.19. The molecular weight excluding hydrogens is 186 g/mol. The molecule has 15 heavy (non-hydrogen) atoms. The summed E-state index contributed by atoms with van der Waals surface area (Å²) in [4.78, 5) is 0. The van der Waals surface area contributed by atoms with Crippen LogP contribution in [0.4, 0.5) is 0 Å². The zero-order valence-corrected chi connectivity index (χ0v) is 9.57. The Bertz CT molecular complexity index is 329. The number of hydroxylamine groups is 3. The van der Waals surface area contributed by atoms with Gasteiger partial charge in [0.05, 0.1) is 13.6 Å². The Kier molecular flexibility index (Phi) is 2.81. The normalized spacial score (nSPS) is 31.5. The molecule has 1 aromatic rings. The zero-order valence-electron chi connectivity index (χ0n) is 9.57. The van der Waals surface area contributed by atoms with Crippen LogP contribution >= 0.6 is 0 Å². The van der Waals surface area contributed by atoms with Crippen molar-refractivity contribution in [2.75, 3.05) is 13.6 Å². The molecule has 0 aliphatic carbocycles. The molecule has 0 radical (unpaired) electrons. The third-order valence-corrected chi connectivity index (χ3v) is 3.45. The van der Waals surface area contributed by atoms with Gasteiger partial charge in [-0.3, -0.25) is 0 Å². The zero-order chi connectivity index (χ0) is 10.9. The topological polar surface area (TPSA) is 23.1 Å². The summed E-state index contributed by atoms with van der Waals surface area (Å²) >= 11 is 0. The van der Waals surface area contributed by atoms with Crippen LogP contribution in [0.1, 0.15) is 36.4 Å². The summed E-state index contributed by atoms with van der Waals surface area (Å²) in [5.74, 6) is 0. The van der Waals surface area contributed by atoms with Crippen LogP contribution < -0.4 is 0 Å². The van der Waals surface area contributed by atoms with Gasteiger partial charge in [-0.15, -0.1) is 0 Å². The van der Waals surface area contributed by atoms with E-state index in [0.717, 1.165) is 19.4 Å². The van der Waals surface area contributed by atoms with Crippen LogP contribution in [0.5, 0.6) is 0 Å². The van der Waals surface area contributed by atoms with Crippen molar-refractivity contribution in [3.63, 3.8) is 0 Å². The van der Waals surface area contributed by atoms with E-state index >= 15 is 0 Å². The van der Waals surface area contributed by atoms with Crippen LogP contribution in [-0.4, -0.2) is 18.2 Å². The van der Waals surface area contributed by atoms with Crippen LogP contribution in [0.25, 0.3) is 0 Å². The van der Waals surface area contributed by atoms with Gasteiger partial charge in [-0.2, -0.15) is 0 Å². The Labute approximate surface area is 91.7 Å². The van der Waals surface area contributed by atoms with Crippen molar-refractivity contribution in [1.29, 1.82) is 0 Å². The molecule has 2 rings (SSSR count). The lowest BCUT2D eigenvalue weighted by atomic mass is 9.95. The number of aryl methyl sites for hydroxylation is 1. The number of hydrogen-bond donors (Lipinski definition) is 0. The van der Waals surface area contributed by atoms with Crippen LogP contribution in [0.15, 0.2) is 24.3 Å². The van der Waals surface area contributed by atoms with E-state index < -0.39 is 0 Å². The van der Waals surface area contributed by atoms with Gasteiger partial charge in [0, 0.05) is 12.0 Å². The quantitative estimate of drug-likeness (QED) is 0.510. The molecule has 82 valence electrons. The predicted molar refractivity (Wildman–Crippen MR) is 62.2 cm³/mol. The van der Waals surface area contributed by atoms with Crippen LogP contribution in [0.3, 0.4) is 0 Å². The van der Waals surface area contributed by atoms with Crippen LogP contribution in [0, 0.1) is 12.1 Å². The van der Waals surface area contributed by atoms with E-state index in [0.29, 0.717) is 0 Å². The van der Waals surface area contributed by atoms with Gasteiger partial charge >= 0.3 is 0 Å². The average molecular weight is 205 g/mol. The third-order valence-electron chi connectivity index (χ3n) is 3.45. The Morgan fingerprint density at radius 2 is 1.87 bits per heavy atom. The van der Waals surface area contributed by atoms with Crippen molar-refractivity contribution in [3.8, 4) is 0 Å². The molecule has 1 aliphatic rings. The van der Waals surface area contributed by atoms with Gasteiger partial charge in [-0.05, 0) is 19.8 Å². The first-order chi connectivity index (χ1) is 7.09. The minimum absolute atomic E-state index is 0.0942. The monoisotopic (exact) mass is 205 g/mol. The summed E-state index contributed by atoms with van der Waals surface area (Å²) in [7, 11) is 1.81. The maximum absolute atomic E-state index is 12.3. The lowest BCUT2D eigenvalue weighted by molar-refractivity contribution is -0.898. The molecule has 0 N–H and O–H groups in total. The second-order valence-electron chi connectivity index (χ2n) is 4.82. The highest BCUT2D eigenvalue weighted by Crippen LogP contribution is 2.35. The fourth-order valence-corrected chi connectivity index (χ4v) is 2.46. The first-order valence-electron chi connectivity index (χ1n) is 5.72. The maximum Gasteiger partial charge on any atom is 0.114 e. The van der Waals surface area contributed by atoms with Gasteiger partial charge in [0.2, 0.25) is 0 Å². The van der Waals surface area contributed by atoms with E-state index in [2.05, 4.69) is 31.2 Å². The number of likely N-dealkylation sites (tertiary alicyclic amines) is 1. The van der Waals surface area contributed by atoms with Crippen LogP contribution in [-0.2, 0) is 0 Å². The van der Waals surface area contributed by atoms with Gasteiger partial charge in [-0.25, -0.2) is 0 Å². The van der Waals surface area contributed by atoms with Crippen molar-refractivity contribution in [1.82, 2.24) is 0 Å². The van der Waals surface area contributed by atoms with Crippen LogP contribution in [0.2, 0.25) is 0 Å². The first kappa shape index (κ1) is 10.7. The van der Waals surface area contributed by atoms with E-state index in [1.165, 1.54) is 17.5 Å². The number of quaternary nitrogens is 1. The molecule has 0 amide bonds. The highest BCUT2D eigenvalue weighted by molar-refractivity contribution is 5.23. The Morgan fingerprint density at radius 1 is 1.20 bits per heavy atom. The van der Waals surface area contributed by atoms with Crippen molar-refractivity contribution in [3.05, 3.63) is 40.6 Å². The largest absolute Gasteiger partial charge is 0.633 e. The molecule has 1 fully saturated rings. The van der Waals surface area contributed by atoms with Crippen molar-refractivity contribution >= 4 is 0 Å². The van der Waals surface area contributed by atoms with Gasteiger partial charge < -0.3 is 9.85 Å². The van der Waals surface area contributed by atoms with Gasteiger partial charge in [0.1, 0.15) is 6.04 Å². The number of nitrogens with zero attached hydrogens (tertiary/aromatic N) is 1. The van der Waals surface area contributed by atoms with Gasteiger partial charge in [-0.1, -0.05) is 29.8 Å². The van der Waals surface area contributed by atoms with E-state index in [4.69, 9.17) is 0 Å². The standard InChI is InChI=1S/C13H19NO/c1-11-6-8-12(9-7-11)13-5-3-4-10-14(13,2)15/h6-9,13H,3-5,10H2,1-2H3. The van der Waals surface area contributed by atoms with Gasteiger partial charge in [0.15, 0.2) is 0 Å². The molecular formula is C13H19NO. The molecule has 2 heteroatoms. The molecule has 1 aromatic carbocycles. The Morgan fingerprint density at radius 3 is 2.47 bits per heavy atom. The highest BCUT2D eigenvalue weighted by atomic mass is 16.5. The van der Waals surface area contributed by atoms with E-state index in [-0.39, 0.29) is 10.7 Å². The molecule has 0 aromatic heterocycles. The summed E-state index contributed by atoms with van der Waals surface area (Å²) in [6.07, 6.45) is 3.29. The fraction of sp³-hybridized carbons (Fsp3) is 0.538. The predicted octanol–water partition coefficient (Wildman–Crippen LogP) is 3.16. The molecule has 1 heterocycles. The maximum atomic E-state index is 12.3. The molecule has 2 unspecified atom stereocenters. The summed E-state index contributed by atoms with van der Waals surface area (Å²) in [6, 6.07) is 8.58. The van der Waals surface area contributed by atoms with E-state index in [1.807, 2.05) is 7.05 Å². The Balaban J connectivity index is 2.25. The molecule has 1 saturated heterocycles. The summed E-state index contributed by atoms with van der Waals surface area (Å²) in [6.45, 7) is 2.84. The van der Waals surface area contributed by atoms with Crippen molar-refractivity contribution in [2.24, 2.45) is 0 Å². The summed E-state index contributed by atoms with van der Waals surface area (Å²) in [5, 5.41) is 12.3. The Hall–Kier alpha value is -0.860. The van der Waals surface area contributed by atoms with E-state index in [1.54, 1.807) is 0 Å². The number of hydrogen-bond acceptors (Lipinski definition) is 1. The minimum Gasteiger partial charge on any atom is -0.633 e. The smallest absolute Gasteiger partial charge is 0.114 e. The second kappa shape index (κ2) is 3.95. The molecule has 1 aliphatic heterocycles. The lowest BCUT2D eigenvalue weighted by Crippen LogP contribution is -2.44. The van der Waals surface area contributed by atoms with Crippen molar-refractivity contribution in [2.45, 2.75) is 32.2 Å². The molecule has 0 bridgehead atoms. The molecule has 2 nitrogen and oxygen atoms in total. The highest BCUT2D eigenvalue weighted by Gasteiger charge is 2.29. The lowest BCUT2D eigenvalue weighted by Gasteiger charge is -2.48. The number of rotatable bonds is 1. The van der Waals surface area contributed by atoms with Crippen molar-refractivity contribution < 1.29 is 4.65 Å². The van der Waals surface area contributed by atoms with E-state index in [9.17, 15) is 5.21 Å². The molecule has 0 spiro atoms. The second-order valence-corrected chi connectivity index (χ2v) is 4.82. The fourth-order valence-electron chi connectivity index (χ4n) is 2.46. The summed E-state index contributed by atoms with van der Waals surface area (Å²) in [5.41, 5.74) is 2.47. The number of benzene rings is 1. The van der Waals surface area contributed by atoms with Gasteiger partial charge in [0.25, 0.3) is 0 Å². The summed E-state index contributed by atoms with van der Waals surface area (Å²) < 4.78 is -0.0942. The first-order valence-corrected chi connectivity index (χ1v) is 5.72. The number of piperidine rings is 1. The SMILES string of the molecule is Cc1ccc(C2CCCC[N+]2(C)[O-])cc1. The molecule has 2 atom stereocenters. The third kappa shape index (κ3) is 2.21. The minimum atomic E-state index is -0.0942.